The van der Waals surface area contributed by atoms with E-state index in [1.807, 2.05) is 0 Å². The molecular formula is C7H7BrClNO3S2. The van der Waals surface area contributed by atoms with E-state index in [2.05, 4.69) is 19.7 Å². The van der Waals surface area contributed by atoms with E-state index in [0.29, 0.717) is 4.90 Å². The minimum atomic E-state index is -4.13. The maximum Gasteiger partial charge on any atom is 0.347 e. The molecule has 0 aliphatic carbocycles. The molecule has 0 radical (unpaired) electrons. The fraction of sp³-hybridized carbons (Fsp3) is 0.143. The van der Waals surface area contributed by atoms with Crippen molar-refractivity contribution in [1.29, 1.82) is 0 Å². The summed E-state index contributed by atoms with van der Waals surface area (Å²) in [6, 6.07) is 6.35. The summed E-state index contributed by atoms with van der Waals surface area (Å²) in [5, 5.41) is 0. The lowest BCUT2D eigenvalue weighted by Crippen LogP contribution is -1.99. The van der Waals surface area contributed by atoms with Crippen molar-refractivity contribution < 1.29 is 12.6 Å². The lowest BCUT2D eigenvalue weighted by molar-refractivity contribution is 0.611. The van der Waals surface area contributed by atoms with Gasteiger partial charge in [0.05, 0.1) is 9.73 Å². The summed E-state index contributed by atoms with van der Waals surface area (Å²) in [4.78, 5) is 0.315. The average molecular weight is 333 g/mol. The first-order chi connectivity index (χ1) is 6.71. The molecule has 1 rings (SSSR count). The minimum Gasteiger partial charge on any atom is -0.244 e. The predicted molar refractivity (Wildman–Crippen MR) is 63.7 cm³/mol. The molecular weight excluding hydrogens is 326 g/mol. The monoisotopic (exact) mass is 331 g/mol. The molecule has 0 amide bonds. The fourth-order valence-corrected chi connectivity index (χ4v) is 4.48. The normalized spacial score (nSPS) is 15.7. The third kappa shape index (κ3) is 4.10. The van der Waals surface area contributed by atoms with Gasteiger partial charge >= 0.3 is 9.24 Å². The molecule has 0 saturated heterocycles. The third-order valence-corrected chi connectivity index (χ3v) is 5.51. The molecule has 0 aliphatic rings. The molecule has 0 heterocycles. The van der Waals surface area contributed by atoms with Crippen LogP contribution in [0.15, 0.2) is 37.4 Å². The Morgan fingerprint density at radius 1 is 1.20 bits per heavy atom. The molecule has 0 bridgehead atoms. The Hall–Kier alpha value is -0.110. The van der Waals surface area contributed by atoms with Crippen LogP contribution in [0.4, 0.5) is 0 Å². The van der Waals surface area contributed by atoms with Crippen molar-refractivity contribution in [3.05, 3.63) is 28.7 Å². The summed E-state index contributed by atoms with van der Waals surface area (Å²) < 4.78 is 37.2. The van der Waals surface area contributed by atoms with Gasteiger partial charge in [0.15, 0.2) is 0 Å². The molecule has 15 heavy (non-hydrogen) atoms. The van der Waals surface area contributed by atoms with Gasteiger partial charge in [-0.3, -0.25) is 0 Å². The van der Waals surface area contributed by atoms with Crippen LogP contribution in [0.3, 0.4) is 0 Å². The number of hydrogen-bond donors (Lipinski definition) is 0. The summed E-state index contributed by atoms with van der Waals surface area (Å²) in [6.07, 6.45) is 1.22. The zero-order valence-corrected chi connectivity index (χ0v) is 11.5. The van der Waals surface area contributed by atoms with E-state index in [9.17, 15) is 12.6 Å². The van der Waals surface area contributed by atoms with Gasteiger partial charge in [0, 0.05) is 26.3 Å². The quantitative estimate of drug-likeness (QED) is 0.781. The van der Waals surface area contributed by atoms with Crippen LogP contribution in [0.2, 0.25) is 0 Å². The minimum absolute atomic E-state index is 0.315. The summed E-state index contributed by atoms with van der Waals surface area (Å²) in [6.45, 7) is 0. The van der Waals surface area contributed by atoms with E-state index in [4.69, 9.17) is 10.7 Å². The highest BCUT2D eigenvalue weighted by atomic mass is 79.9. The standard InChI is InChI=1S/C7H7BrClNO3S2/c1-14(11,10-15(9,12)13)7-4-2-6(8)3-5-7/h2-5H,1H3. The highest BCUT2D eigenvalue weighted by molar-refractivity contribution is 9.10. The van der Waals surface area contributed by atoms with Crippen LogP contribution in [0.5, 0.6) is 0 Å². The third-order valence-electron chi connectivity index (χ3n) is 1.48. The van der Waals surface area contributed by atoms with E-state index < -0.39 is 19.0 Å². The highest BCUT2D eigenvalue weighted by Gasteiger charge is 2.11. The van der Waals surface area contributed by atoms with Crippen molar-refractivity contribution >= 4 is 45.6 Å². The van der Waals surface area contributed by atoms with Crippen LogP contribution in [-0.4, -0.2) is 18.9 Å². The number of hydrogen-bond acceptors (Lipinski definition) is 3. The Bertz CT molecular complexity index is 573. The van der Waals surface area contributed by atoms with Gasteiger partial charge in [-0.15, -0.1) is 0 Å². The molecule has 8 heteroatoms. The first-order valence-electron chi connectivity index (χ1n) is 3.64. The second-order valence-electron chi connectivity index (χ2n) is 2.74. The van der Waals surface area contributed by atoms with Gasteiger partial charge in [0.25, 0.3) is 0 Å². The summed E-state index contributed by atoms with van der Waals surface area (Å²) in [5.41, 5.74) is 0. The summed E-state index contributed by atoms with van der Waals surface area (Å²) in [7, 11) is -2.21. The zero-order chi connectivity index (χ0) is 11.7. The number of rotatable bonds is 2. The van der Waals surface area contributed by atoms with E-state index in [1.54, 1.807) is 12.1 Å². The number of halogens is 2. The van der Waals surface area contributed by atoms with Crippen molar-refractivity contribution in [1.82, 2.24) is 0 Å². The molecule has 1 unspecified atom stereocenters. The lowest BCUT2D eigenvalue weighted by atomic mass is 10.4. The van der Waals surface area contributed by atoms with Gasteiger partial charge in [-0.2, -0.15) is 8.42 Å². The van der Waals surface area contributed by atoms with Crippen molar-refractivity contribution in [3.63, 3.8) is 0 Å². The van der Waals surface area contributed by atoms with Crippen LogP contribution in [0.1, 0.15) is 0 Å². The van der Waals surface area contributed by atoms with Crippen LogP contribution < -0.4 is 0 Å². The number of nitrogens with zero attached hydrogens (tertiary/aromatic N) is 1. The molecule has 84 valence electrons. The van der Waals surface area contributed by atoms with Crippen LogP contribution in [0, 0.1) is 0 Å². The van der Waals surface area contributed by atoms with E-state index in [-0.39, 0.29) is 0 Å². The van der Waals surface area contributed by atoms with E-state index in [0.717, 1.165) is 4.47 Å². The van der Waals surface area contributed by atoms with Gasteiger partial charge in [-0.25, -0.2) is 4.21 Å². The van der Waals surface area contributed by atoms with Gasteiger partial charge < -0.3 is 0 Å². The fourth-order valence-electron chi connectivity index (χ4n) is 0.900. The Labute approximate surface area is 102 Å². The largest absolute Gasteiger partial charge is 0.347 e. The van der Waals surface area contributed by atoms with Crippen molar-refractivity contribution in [2.45, 2.75) is 4.90 Å². The second kappa shape index (κ2) is 4.40. The summed E-state index contributed by atoms with van der Waals surface area (Å²) >= 11 is 3.21. The zero-order valence-electron chi connectivity index (χ0n) is 7.55. The maximum atomic E-state index is 11.9. The summed E-state index contributed by atoms with van der Waals surface area (Å²) in [5.74, 6) is 0. The molecule has 0 aliphatic heterocycles. The van der Waals surface area contributed by atoms with Crippen LogP contribution >= 0.6 is 26.6 Å². The molecule has 0 aromatic heterocycles. The average Bonchev–Trinajstić information content (AvgIpc) is 2.00. The first kappa shape index (κ1) is 13.0. The topological polar surface area (TPSA) is 63.6 Å². The van der Waals surface area contributed by atoms with Crippen molar-refractivity contribution in [2.75, 3.05) is 6.26 Å². The molecule has 0 fully saturated rings. The molecule has 0 saturated carbocycles. The Morgan fingerprint density at radius 3 is 2.07 bits per heavy atom. The Kier molecular flexibility index (Phi) is 3.80. The predicted octanol–water partition coefficient (Wildman–Crippen LogP) is 2.39. The lowest BCUT2D eigenvalue weighted by Gasteiger charge is -2.02. The molecule has 1 aromatic carbocycles. The first-order valence-corrected chi connectivity index (χ1v) is 8.62. The van der Waals surface area contributed by atoms with Gasteiger partial charge in [0.2, 0.25) is 0 Å². The highest BCUT2D eigenvalue weighted by Crippen LogP contribution is 2.18. The van der Waals surface area contributed by atoms with Gasteiger partial charge in [0.1, 0.15) is 0 Å². The number of benzene rings is 1. The molecule has 4 nitrogen and oxygen atoms in total. The smallest absolute Gasteiger partial charge is 0.244 e. The molecule has 0 spiro atoms. The van der Waals surface area contributed by atoms with Crippen LogP contribution in [-0.2, 0) is 19.0 Å². The molecule has 0 N–H and O–H groups in total. The van der Waals surface area contributed by atoms with Gasteiger partial charge in [-0.1, -0.05) is 19.7 Å². The van der Waals surface area contributed by atoms with E-state index in [1.165, 1.54) is 18.4 Å². The molecule has 1 atom stereocenters. The van der Waals surface area contributed by atoms with Gasteiger partial charge in [-0.05, 0) is 24.3 Å². The Morgan fingerprint density at radius 2 is 1.67 bits per heavy atom. The SMILES string of the molecule is CS(=O)(=NS(=O)(=O)Cl)c1ccc(Br)cc1. The van der Waals surface area contributed by atoms with E-state index >= 15 is 0 Å². The Balaban J connectivity index is 3.36. The maximum absolute atomic E-state index is 11.9. The second-order valence-corrected chi connectivity index (χ2v) is 8.33. The van der Waals surface area contributed by atoms with Crippen LogP contribution in [0.25, 0.3) is 0 Å². The van der Waals surface area contributed by atoms with Crippen molar-refractivity contribution in [3.8, 4) is 0 Å². The van der Waals surface area contributed by atoms with Crippen molar-refractivity contribution in [2.24, 2.45) is 3.77 Å². The molecule has 1 aromatic rings.